The summed E-state index contributed by atoms with van der Waals surface area (Å²) in [5.74, 6) is 0.809. The normalized spacial score (nSPS) is 14.3. The Kier molecular flexibility index (Phi) is 3.28. The summed E-state index contributed by atoms with van der Waals surface area (Å²) < 4.78 is 5.08. The minimum absolute atomic E-state index is 0.504. The molecule has 82 valence electrons. The van der Waals surface area contributed by atoms with Crippen molar-refractivity contribution >= 4 is 0 Å². The van der Waals surface area contributed by atoms with Gasteiger partial charge < -0.3 is 10.1 Å². The van der Waals surface area contributed by atoms with Gasteiger partial charge in [-0.15, -0.1) is 0 Å². The maximum Gasteiger partial charge on any atom is 0.154 e. The summed E-state index contributed by atoms with van der Waals surface area (Å²) in [7, 11) is 1.67. The Morgan fingerprint density at radius 2 is 2.20 bits per heavy atom. The summed E-state index contributed by atoms with van der Waals surface area (Å²) in [6.07, 6.45) is 2.15. The van der Waals surface area contributed by atoms with Crippen molar-refractivity contribution in [3.05, 3.63) is 22.8 Å². The average Bonchev–Trinajstić information content (AvgIpc) is 2.67. The van der Waals surface area contributed by atoms with Crippen molar-refractivity contribution in [1.82, 2.24) is 15.3 Å². The van der Waals surface area contributed by atoms with Crippen LogP contribution >= 0.6 is 0 Å². The Bertz CT molecular complexity index is 352. The molecule has 0 bridgehead atoms. The summed E-state index contributed by atoms with van der Waals surface area (Å²) in [5, 5.41) is 3.31. The molecule has 1 aliphatic heterocycles. The highest BCUT2D eigenvalue weighted by Gasteiger charge is 2.17. The summed E-state index contributed by atoms with van der Waals surface area (Å²) in [4.78, 5) is 9.04. The fourth-order valence-electron chi connectivity index (χ4n) is 1.93. The highest BCUT2D eigenvalue weighted by atomic mass is 16.5. The number of hydrogen-bond acceptors (Lipinski definition) is 4. The second-order valence-corrected chi connectivity index (χ2v) is 3.80. The van der Waals surface area contributed by atoms with Gasteiger partial charge in [0.1, 0.15) is 6.61 Å². The van der Waals surface area contributed by atoms with Crippen molar-refractivity contribution in [2.24, 2.45) is 0 Å². The first-order valence-corrected chi connectivity index (χ1v) is 5.42. The summed E-state index contributed by atoms with van der Waals surface area (Å²) in [5.41, 5.74) is 3.65. The van der Waals surface area contributed by atoms with Crippen LogP contribution in [-0.4, -0.2) is 17.1 Å². The van der Waals surface area contributed by atoms with Crippen molar-refractivity contribution in [1.29, 1.82) is 0 Å². The van der Waals surface area contributed by atoms with Gasteiger partial charge in [0.05, 0.1) is 5.69 Å². The minimum atomic E-state index is 0.504. The van der Waals surface area contributed by atoms with Crippen LogP contribution in [0.4, 0.5) is 0 Å². The Morgan fingerprint density at radius 1 is 1.33 bits per heavy atom. The molecule has 15 heavy (non-hydrogen) atoms. The summed E-state index contributed by atoms with van der Waals surface area (Å²) in [6.45, 7) is 4.46. The Morgan fingerprint density at radius 3 is 2.93 bits per heavy atom. The number of aromatic nitrogens is 2. The number of rotatable bonds is 4. The molecular formula is C11H17N3O. The topological polar surface area (TPSA) is 47.0 Å². The van der Waals surface area contributed by atoms with Gasteiger partial charge >= 0.3 is 0 Å². The first-order chi connectivity index (χ1) is 7.35. The Labute approximate surface area is 90.1 Å². The van der Waals surface area contributed by atoms with E-state index in [1.54, 1.807) is 7.11 Å². The molecule has 0 fully saturated rings. The van der Waals surface area contributed by atoms with Crippen LogP contribution in [0, 0.1) is 0 Å². The second kappa shape index (κ2) is 4.68. The minimum Gasteiger partial charge on any atom is -0.377 e. The van der Waals surface area contributed by atoms with Crippen LogP contribution < -0.4 is 5.32 Å². The van der Waals surface area contributed by atoms with Crippen LogP contribution in [0.3, 0.4) is 0 Å². The molecule has 0 amide bonds. The third-order valence-electron chi connectivity index (χ3n) is 2.58. The predicted molar refractivity (Wildman–Crippen MR) is 57.3 cm³/mol. The molecule has 1 N–H and O–H groups in total. The third kappa shape index (κ3) is 2.16. The van der Waals surface area contributed by atoms with E-state index in [9.17, 15) is 0 Å². The highest BCUT2D eigenvalue weighted by molar-refractivity contribution is 5.29. The van der Waals surface area contributed by atoms with Crippen molar-refractivity contribution < 1.29 is 4.74 Å². The number of nitrogens with one attached hydrogen (secondary N) is 1. The quantitative estimate of drug-likeness (QED) is 0.805. The first-order valence-electron chi connectivity index (χ1n) is 5.42. The van der Waals surface area contributed by atoms with Crippen LogP contribution in [0.1, 0.15) is 36.1 Å². The monoisotopic (exact) mass is 207 g/mol. The Hall–Kier alpha value is -1.00. The van der Waals surface area contributed by atoms with E-state index in [1.807, 2.05) is 0 Å². The van der Waals surface area contributed by atoms with Crippen LogP contribution in [0.2, 0.25) is 0 Å². The lowest BCUT2D eigenvalue weighted by molar-refractivity contribution is 0.177. The maximum absolute atomic E-state index is 5.08. The van der Waals surface area contributed by atoms with E-state index in [0.29, 0.717) is 6.61 Å². The molecule has 2 heterocycles. The number of aryl methyl sites for hydroxylation is 1. The maximum atomic E-state index is 5.08. The molecule has 0 radical (unpaired) electrons. The van der Waals surface area contributed by atoms with Crippen molar-refractivity contribution in [2.75, 3.05) is 7.11 Å². The third-order valence-corrected chi connectivity index (χ3v) is 2.58. The van der Waals surface area contributed by atoms with E-state index in [4.69, 9.17) is 4.74 Å². The fourth-order valence-corrected chi connectivity index (χ4v) is 1.93. The highest BCUT2D eigenvalue weighted by Crippen LogP contribution is 2.18. The van der Waals surface area contributed by atoms with E-state index in [1.165, 1.54) is 11.3 Å². The predicted octanol–water partition coefficient (Wildman–Crippen LogP) is 1.18. The lowest BCUT2D eigenvalue weighted by Crippen LogP contribution is -2.06. The SMILES string of the molecule is CCCc1nc(COC)nc2c1CNC2. The molecule has 1 aliphatic rings. The molecule has 0 aliphatic carbocycles. The van der Waals surface area contributed by atoms with Gasteiger partial charge in [-0.1, -0.05) is 13.3 Å². The zero-order valence-electron chi connectivity index (χ0n) is 9.34. The molecular weight excluding hydrogens is 190 g/mol. The van der Waals surface area contributed by atoms with Crippen LogP contribution in [0.15, 0.2) is 0 Å². The molecule has 4 nitrogen and oxygen atoms in total. The first kappa shape index (κ1) is 10.5. The number of nitrogens with zero attached hydrogens (tertiary/aromatic N) is 2. The van der Waals surface area contributed by atoms with E-state index >= 15 is 0 Å². The molecule has 0 saturated heterocycles. The average molecular weight is 207 g/mol. The van der Waals surface area contributed by atoms with Crippen molar-refractivity contribution in [3.63, 3.8) is 0 Å². The standard InChI is InChI=1S/C11H17N3O/c1-3-4-9-8-5-12-6-10(8)14-11(13-9)7-15-2/h12H,3-7H2,1-2H3. The van der Waals surface area contributed by atoms with Crippen LogP contribution in [-0.2, 0) is 30.9 Å². The number of fused-ring (bicyclic) bond motifs is 1. The van der Waals surface area contributed by atoms with Gasteiger partial charge in [-0.3, -0.25) is 0 Å². The molecule has 0 aromatic carbocycles. The zero-order chi connectivity index (χ0) is 10.7. The van der Waals surface area contributed by atoms with Crippen LogP contribution in [0.5, 0.6) is 0 Å². The van der Waals surface area contributed by atoms with Crippen molar-refractivity contribution in [2.45, 2.75) is 39.5 Å². The molecule has 1 aromatic rings. The lowest BCUT2D eigenvalue weighted by Gasteiger charge is -2.08. The summed E-state index contributed by atoms with van der Waals surface area (Å²) >= 11 is 0. The molecule has 0 spiro atoms. The largest absolute Gasteiger partial charge is 0.377 e. The molecule has 0 unspecified atom stereocenters. The van der Waals surface area contributed by atoms with Gasteiger partial charge in [0.25, 0.3) is 0 Å². The van der Waals surface area contributed by atoms with Crippen LogP contribution in [0.25, 0.3) is 0 Å². The van der Waals surface area contributed by atoms with Gasteiger partial charge in [-0.2, -0.15) is 0 Å². The fraction of sp³-hybridized carbons (Fsp3) is 0.636. The molecule has 4 heteroatoms. The molecule has 0 atom stereocenters. The number of hydrogen-bond donors (Lipinski definition) is 1. The van der Waals surface area contributed by atoms with Crippen molar-refractivity contribution in [3.8, 4) is 0 Å². The molecule has 2 rings (SSSR count). The number of ether oxygens (including phenoxy) is 1. The molecule has 0 saturated carbocycles. The zero-order valence-corrected chi connectivity index (χ0v) is 9.34. The van der Waals surface area contributed by atoms with E-state index < -0.39 is 0 Å². The van der Waals surface area contributed by atoms with E-state index in [-0.39, 0.29) is 0 Å². The van der Waals surface area contributed by atoms with E-state index in [2.05, 4.69) is 22.2 Å². The van der Waals surface area contributed by atoms with Gasteiger partial charge in [-0.05, 0) is 6.42 Å². The molecule has 1 aromatic heterocycles. The summed E-state index contributed by atoms with van der Waals surface area (Å²) in [6, 6.07) is 0. The van der Waals surface area contributed by atoms with Gasteiger partial charge in [0.2, 0.25) is 0 Å². The van der Waals surface area contributed by atoms with Gasteiger partial charge in [0, 0.05) is 31.5 Å². The smallest absolute Gasteiger partial charge is 0.154 e. The van der Waals surface area contributed by atoms with E-state index in [0.717, 1.165) is 37.4 Å². The second-order valence-electron chi connectivity index (χ2n) is 3.80. The van der Waals surface area contributed by atoms with Gasteiger partial charge in [0.15, 0.2) is 5.82 Å². The van der Waals surface area contributed by atoms with Gasteiger partial charge in [-0.25, -0.2) is 9.97 Å². The Balaban J connectivity index is 2.34. The lowest BCUT2D eigenvalue weighted by atomic mass is 10.1. The number of methoxy groups -OCH3 is 1.